The molecule has 0 spiro atoms. The van der Waals surface area contributed by atoms with Crippen LogP contribution in [0.1, 0.15) is 25.8 Å². The Labute approximate surface area is 122 Å². The molecule has 1 aromatic carbocycles. The van der Waals surface area contributed by atoms with Crippen molar-refractivity contribution in [2.24, 2.45) is 5.92 Å². The second-order valence-corrected chi connectivity index (χ2v) is 6.12. The lowest BCUT2D eigenvalue weighted by atomic mass is 9.92. The van der Waals surface area contributed by atoms with E-state index >= 15 is 0 Å². The molecule has 1 aromatic rings. The Morgan fingerprint density at radius 1 is 1.53 bits per heavy atom. The molecule has 1 fully saturated rings. The van der Waals surface area contributed by atoms with Crippen LogP contribution in [0, 0.1) is 11.7 Å². The van der Waals surface area contributed by atoms with E-state index in [1.807, 2.05) is 6.07 Å². The van der Waals surface area contributed by atoms with E-state index in [0.717, 1.165) is 29.6 Å². The van der Waals surface area contributed by atoms with Gasteiger partial charge in [-0.1, -0.05) is 29.8 Å². The van der Waals surface area contributed by atoms with Crippen LogP contribution in [0.4, 0.5) is 4.39 Å². The standard InChI is InChI=1S/C15H21BrFNO/c1-3-18-14(15-10(2)6-7-19-15)9-11-8-12(16)4-5-13(11)17/h4-5,8,10,14-15,18H,3,6-7,9H2,1-2H3. The number of halogens is 2. The van der Waals surface area contributed by atoms with Gasteiger partial charge in [0.2, 0.25) is 0 Å². The van der Waals surface area contributed by atoms with Gasteiger partial charge in [-0.15, -0.1) is 0 Å². The van der Waals surface area contributed by atoms with E-state index in [0.29, 0.717) is 12.3 Å². The van der Waals surface area contributed by atoms with Gasteiger partial charge in [-0.25, -0.2) is 4.39 Å². The third-order valence-corrected chi connectivity index (χ3v) is 4.25. The molecule has 1 heterocycles. The molecule has 1 aliphatic heterocycles. The number of nitrogens with one attached hydrogen (secondary N) is 1. The quantitative estimate of drug-likeness (QED) is 0.892. The van der Waals surface area contributed by atoms with Gasteiger partial charge in [-0.3, -0.25) is 0 Å². The molecule has 4 heteroatoms. The largest absolute Gasteiger partial charge is 0.376 e. The van der Waals surface area contributed by atoms with Crippen molar-refractivity contribution in [1.82, 2.24) is 5.32 Å². The average molecular weight is 330 g/mol. The van der Waals surface area contributed by atoms with Gasteiger partial charge in [0.25, 0.3) is 0 Å². The Balaban J connectivity index is 2.13. The van der Waals surface area contributed by atoms with Crippen LogP contribution in [-0.2, 0) is 11.2 Å². The molecular formula is C15H21BrFNO. The van der Waals surface area contributed by atoms with E-state index in [1.54, 1.807) is 6.07 Å². The first-order valence-corrected chi connectivity index (χ1v) is 7.70. The highest BCUT2D eigenvalue weighted by Gasteiger charge is 2.32. The molecule has 3 atom stereocenters. The van der Waals surface area contributed by atoms with Gasteiger partial charge in [-0.05, 0) is 49.1 Å². The van der Waals surface area contributed by atoms with Crippen molar-refractivity contribution in [3.63, 3.8) is 0 Å². The van der Waals surface area contributed by atoms with Crippen LogP contribution in [0.5, 0.6) is 0 Å². The second-order valence-electron chi connectivity index (χ2n) is 5.21. The Kier molecular flexibility index (Phi) is 5.37. The van der Waals surface area contributed by atoms with Crippen LogP contribution in [0.3, 0.4) is 0 Å². The van der Waals surface area contributed by atoms with Crippen LogP contribution in [0.2, 0.25) is 0 Å². The highest BCUT2D eigenvalue weighted by atomic mass is 79.9. The van der Waals surface area contributed by atoms with Crippen molar-refractivity contribution in [2.45, 2.75) is 38.8 Å². The molecule has 1 saturated heterocycles. The van der Waals surface area contributed by atoms with E-state index in [4.69, 9.17) is 4.74 Å². The highest BCUT2D eigenvalue weighted by Crippen LogP contribution is 2.26. The Hall–Kier alpha value is -0.450. The Morgan fingerprint density at radius 2 is 2.32 bits per heavy atom. The highest BCUT2D eigenvalue weighted by molar-refractivity contribution is 9.10. The first kappa shape index (κ1) is 14.9. The van der Waals surface area contributed by atoms with Crippen LogP contribution in [-0.4, -0.2) is 25.3 Å². The molecular weight excluding hydrogens is 309 g/mol. The van der Waals surface area contributed by atoms with Gasteiger partial charge in [0.1, 0.15) is 5.82 Å². The van der Waals surface area contributed by atoms with E-state index in [9.17, 15) is 4.39 Å². The number of ether oxygens (including phenoxy) is 1. The molecule has 0 aliphatic carbocycles. The summed E-state index contributed by atoms with van der Waals surface area (Å²) in [5.41, 5.74) is 0.739. The number of benzene rings is 1. The van der Waals surface area contributed by atoms with Crippen LogP contribution in [0.25, 0.3) is 0 Å². The van der Waals surface area contributed by atoms with Crippen molar-refractivity contribution in [3.8, 4) is 0 Å². The topological polar surface area (TPSA) is 21.3 Å². The summed E-state index contributed by atoms with van der Waals surface area (Å²) in [5.74, 6) is 0.385. The second kappa shape index (κ2) is 6.82. The molecule has 1 aliphatic rings. The third-order valence-electron chi connectivity index (χ3n) is 3.75. The van der Waals surface area contributed by atoms with Crippen molar-refractivity contribution in [1.29, 1.82) is 0 Å². The molecule has 0 amide bonds. The molecule has 1 N–H and O–H groups in total. The maximum Gasteiger partial charge on any atom is 0.126 e. The molecule has 0 bridgehead atoms. The van der Waals surface area contributed by atoms with E-state index in [2.05, 4.69) is 35.1 Å². The lowest BCUT2D eigenvalue weighted by molar-refractivity contribution is 0.0613. The predicted octanol–water partition coefficient (Wildman–Crippen LogP) is 3.53. The van der Waals surface area contributed by atoms with E-state index in [-0.39, 0.29) is 18.0 Å². The van der Waals surface area contributed by atoms with Gasteiger partial charge in [0.05, 0.1) is 6.10 Å². The van der Waals surface area contributed by atoms with Gasteiger partial charge < -0.3 is 10.1 Å². The smallest absolute Gasteiger partial charge is 0.126 e. The number of likely N-dealkylation sites (N-methyl/N-ethyl adjacent to an activating group) is 1. The average Bonchev–Trinajstić information content (AvgIpc) is 2.79. The van der Waals surface area contributed by atoms with Crippen LogP contribution < -0.4 is 5.32 Å². The van der Waals surface area contributed by atoms with Crippen molar-refractivity contribution in [2.75, 3.05) is 13.2 Å². The maximum absolute atomic E-state index is 13.9. The number of rotatable bonds is 5. The molecule has 2 nitrogen and oxygen atoms in total. The minimum atomic E-state index is -0.142. The number of hydrogen-bond acceptors (Lipinski definition) is 2. The van der Waals surface area contributed by atoms with Crippen molar-refractivity contribution in [3.05, 3.63) is 34.1 Å². The van der Waals surface area contributed by atoms with Gasteiger partial charge in [-0.2, -0.15) is 0 Å². The predicted molar refractivity (Wildman–Crippen MR) is 78.8 cm³/mol. The fourth-order valence-electron chi connectivity index (χ4n) is 2.73. The van der Waals surface area contributed by atoms with Gasteiger partial charge >= 0.3 is 0 Å². The lowest BCUT2D eigenvalue weighted by Crippen LogP contribution is -2.43. The molecule has 0 saturated carbocycles. The normalized spacial score (nSPS) is 24.6. The zero-order valence-corrected chi connectivity index (χ0v) is 13.0. The summed E-state index contributed by atoms with van der Waals surface area (Å²) in [7, 11) is 0. The maximum atomic E-state index is 13.9. The number of hydrogen-bond donors (Lipinski definition) is 1. The summed E-state index contributed by atoms with van der Waals surface area (Å²) < 4.78 is 20.6. The van der Waals surface area contributed by atoms with Crippen molar-refractivity contribution < 1.29 is 9.13 Å². The Morgan fingerprint density at radius 3 is 2.95 bits per heavy atom. The molecule has 0 radical (unpaired) electrons. The lowest BCUT2D eigenvalue weighted by Gasteiger charge is -2.27. The SMILES string of the molecule is CCNC(Cc1cc(Br)ccc1F)C1OCCC1C. The fraction of sp³-hybridized carbons (Fsp3) is 0.600. The van der Waals surface area contributed by atoms with E-state index < -0.39 is 0 Å². The summed E-state index contributed by atoms with van der Waals surface area (Å²) in [4.78, 5) is 0. The molecule has 3 unspecified atom stereocenters. The molecule has 2 rings (SSSR count). The van der Waals surface area contributed by atoms with Crippen LogP contribution >= 0.6 is 15.9 Å². The van der Waals surface area contributed by atoms with Gasteiger partial charge in [0, 0.05) is 17.1 Å². The zero-order chi connectivity index (χ0) is 13.8. The van der Waals surface area contributed by atoms with Crippen LogP contribution in [0.15, 0.2) is 22.7 Å². The Bertz CT molecular complexity index is 427. The first-order valence-electron chi connectivity index (χ1n) is 6.90. The third kappa shape index (κ3) is 3.77. The summed E-state index contributed by atoms with van der Waals surface area (Å²) in [6.45, 7) is 5.96. The summed E-state index contributed by atoms with van der Waals surface area (Å²) in [6, 6.07) is 5.28. The van der Waals surface area contributed by atoms with E-state index in [1.165, 1.54) is 6.07 Å². The summed E-state index contributed by atoms with van der Waals surface area (Å²) in [5, 5.41) is 3.44. The summed E-state index contributed by atoms with van der Waals surface area (Å²) in [6.07, 6.45) is 1.93. The van der Waals surface area contributed by atoms with Gasteiger partial charge in [0.15, 0.2) is 0 Å². The minimum absolute atomic E-state index is 0.142. The van der Waals surface area contributed by atoms with Crippen molar-refractivity contribution >= 4 is 15.9 Å². The zero-order valence-electron chi connectivity index (χ0n) is 11.5. The first-order chi connectivity index (χ1) is 9.11. The summed E-state index contributed by atoms with van der Waals surface area (Å²) >= 11 is 3.40. The molecule has 106 valence electrons. The monoisotopic (exact) mass is 329 g/mol. The molecule has 0 aromatic heterocycles. The fourth-order valence-corrected chi connectivity index (χ4v) is 3.14. The molecule has 19 heavy (non-hydrogen) atoms. The minimum Gasteiger partial charge on any atom is -0.376 e.